The third-order valence-corrected chi connectivity index (χ3v) is 7.74. The molecule has 9 heteroatoms. The Balaban J connectivity index is 1.23. The molecular weight excluding hydrogens is 579 g/mol. The highest BCUT2D eigenvalue weighted by Gasteiger charge is 2.31. The van der Waals surface area contributed by atoms with Crippen LogP contribution in [0.25, 0.3) is 11.1 Å². The van der Waals surface area contributed by atoms with E-state index in [9.17, 15) is 17.7 Å². The number of ether oxygens (including phenoxy) is 1. The highest BCUT2D eigenvalue weighted by molar-refractivity contribution is 14.1. The van der Waals surface area contributed by atoms with E-state index in [0.29, 0.717) is 37.3 Å². The molecule has 0 aromatic heterocycles. The highest BCUT2D eigenvalue weighted by atomic mass is 127. The van der Waals surface area contributed by atoms with Gasteiger partial charge in [0, 0.05) is 41.4 Å². The van der Waals surface area contributed by atoms with Crippen molar-refractivity contribution in [1.82, 2.24) is 4.90 Å². The van der Waals surface area contributed by atoms with E-state index in [1.54, 1.807) is 17.9 Å². The molecule has 0 radical (unpaired) electrons. The molecule has 4 nitrogen and oxygen atoms in total. The molecule has 1 aliphatic heterocycles. The maximum absolute atomic E-state index is 13.1. The molecule has 1 saturated heterocycles. The second kappa shape index (κ2) is 9.99. The number of fused-ring (bicyclic) bond motifs is 3. The summed E-state index contributed by atoms with van der Waals surface area (Å²) in [4.78, 5) is 16.7. The molecule has 0 unspecified atom stereocenters. The number of halogens is 4. The summed E-state index contributed by atoms with van der Waals surface area (Å²) in [5, 5.41) is 0. The average Bonchev–Trinajstić information content (AvgIpc) is 3.17. The van der Waals surface area contributed by atoms with Gasteiger partial charge in [0.15, 0.2) is 0 Å². The molecule has 2 aliphatic rings. The minimum absolute atomic E-state index is 0.00494. The highest BCUT2D eigenvalue weighted by Crippen LogP contribution is 2.44. The maximum Gasteiger partial charge on any atom is 0.482 e. The average molecular weight is 605 g/mol. The van der Waals surface area contributed by atoms with Crippen LogP contribution < -0.4 is 4.90 Å². The summed E-state index contributed by atoms with van der Waals surface area (Å²) in [6.45, 7) is -0.885. The molecule has 3 aromatic rings. The summed E-state index contributed by atoms with van der Waals surface area (Å²) in [6.07, 6.45) is -1.23. The largest absolute Gasteiger partial charge is 0.482 e. The van der Waals surface area contributed by atoms with E-state index in [2.05, 4.69) is 51.8 Å². The van der Waals surface area contributed by atoms with E-state index in [1.807, 2.05) is 30.3 Å². The van der Waals surface area contributed by atoms with E-state index in [0.717, 1.165) is 9.26 Å². The van der Waals surface area contributed by atoms with E-state index in [1.165, 1.54) is 22.3 Å². The van der Waals surface area contributed by atoms with Crippen molar-refractivity contribution in [3.05, 3.63) is 86.5 Å². The van der Waals surface area contributed by atoms with Crippen LogP contribution in [0.3, 0.4) is 0 Å². The maximum atomic E-state index is 13.1. The Hall–Kier alpha value is -2.69. The smallest absolute Gasteiger partial charge is 0.449 e. The molecule has 0 bridgehead atoms. The zero-order chi connectivity index (χ0) is 25.4. The number of hydrogen-bond acceptors (Lipinski definition) is 3. The lowest BCUT2D eigenvalue weighted by Gasteiger charge is -2.37. The predicted molar refractivity (Wildman–Crippen MR) is 146 cm³/mol. The molecule has 1 amide bonds. The van der Waals surface area contributed by atoms with Gasteiger partial charge in [-0.1, -0.05) is 60.4 Å². The third kappa shape index (κ3) is 5.07. The number of anilines is 1. The molecular formula is C27H26BF3IN2O2-. The number of carbonyl (C=O) groups excluding carboxylic acids is 1. The van der Waals surface area contributed by atoms with E-state index >= 15 is 0 Å². The Kier molecular flexibility index (Phi) is 6.93. The summed E-state index contributed by atoms with van der Waals surface area (Å²) in [5.41, 5.74) is 6.49. The van der Waals surface area contributed by atoms with Gasteiger partial charge in [-0.3, -0.25) is 0 Å². The fourth-order valence-corrected chi connectivity index (χ4v) is 6.00. The van der Waals surface area contributed by atoms with E-state index < -0.39 is 13.3 Å². The first-order valence-electron chi connectivity index (χ1n) is 12.1. The Labute approximate surface area is 222 Å². The first-order chi connectivity index (χ1) is 17.2. The van der Waals surface area contributed by atoms with Crippen LogP contribution in [0.15, 0.2) is 60.7 Å². The van der Waals surface area contributed by atoms with Crippen LogP contribution >= 0.6 is 22.6 Å². The van der Waals surface area contributed by atoms with Crippen LogP contribution in [-0.4, -0.2) is 50.8 Å². The molecule has 0 saturated carbocycles. The number of rotatable bonds is 5. The van der Waals surface area contributed by atoms with E-state index in [-0.39, 0.29) is 18.6 Å². The fourth-order valence-electron chi connectivity index (χ4n) is 5.32. The predicted octanol–water partition coefficient (Wildman–Crippen LogP) is 6.60. The van der Waals surface area contributed by atoms with Crippen LogP contribution in [0, 0.1) is 10.5 Å². The van der Waals surface area contributed by atoms with Crippen molar-refractivity contribution >= 4 is 41.3 Å². The van der Waals surface area contributed by atoms with Gasteiger partial charge in [-0.15, -0.1) is 0 Å². The molecule has 3 aromatic carbocycles. The summed E-state index contributed by atoms with van der Waals surface area (Å²) < 4.78 is 45.9. The van der Waals surface area contributed by atoms with Crippen LogP contribution in [-0.2, 0) is 11.1 Å². The Morgan fingerprint density at radius 1 is 0.972 bits per heavy atom. The van der Waals surface area contributed by atoms with Crippen molar-refractivity contribution in [2.45, 2.75) is 19.2 Å². The molecule has 0 N–H and O–H groups in total. The summed E-state index contributed by atoms with van der Waals surface area (Å²) in [7, 11) is 0. The van der Waals surface area contributed by atoms with Crippen molar-refractivity contribution in [2.24, 2.45) is 0 Å². The van der Waals surface area contributed by atoms with Crippen LogP contribution in [0.5, 0.6) is 0 Å². The van der Waals surface area contributed by atoms with Gasteiger partial charge in [-0.25, -0.2) is 4.79 Å². The molecule has 1 fully saturated rings. The van der Waals surface area contributed by atoms with Crippen molar-refractivity contribution in [3.8, 4) is 11.1 Å². The summed E-state index contributed by atoms with van der Waals surface area (Å²) >= 11 is 2.07. The minimum atomic E-state index is -4.91. The van der Waals surface area contributed by atoms with Gasteiger partial charge in [0.2, 0.25) is 0 Å². The van der Waals surface area contributed by atoms with Gasteiger partial charge in [0.25, 0.3) is 0 Å². The lowest BCUT2D eigenvalue weighted by atomic mass is 9.80. The number of amides is 1. The van der Waals surface area contributed by atoms with Crippen molar-refractivity contribution < 1.29 is 22.5 Å². The molecule has 188 valence electrons. The summed E-state index contributed by atoms with van der Waals surface area (Å²) in [5.74, 6) is 0.00494. The quantitative estimate of drug-likeness (QED) is 0.243. The second-order valence-corrected chi connectivity index (χ2v) is 10.6. The zero-order valence-electron chi connectivity index (χ0n) is 19.9. The van der Waals surface area contributed by atoms with Gasteiger partial charge >= 0.3 is 13.1 Å². The number of nitrogens with zero attached hydrogens (tertiary/aromatic N) is 2. The SMILES string of the molecule is Cc1c(C[B-](F)(F)F)cc(I)cc1N1CCN(C(=O)OCC2c3ccccc3-c3ccccc32)CC1. The molecule has 36 heavy (non-hydrogen) atoms. The third-order valence-electron chi connectivity index (χ3n) is 7.12. The Morgan fingerprint density at radius 3 is 2.14 bits per heavy atom. The first-order valence-corrected chi connectivity index (χ1v) is 13.1. The van der Waals surface area contributed by atoms with Gasteiger partial charge in [-0.2, -0.15) is 0 Å². The topological polar surface area (TPSA) is 32.8 Å². The minimum Gasteiger partial charge on any atom is -0.449 e. The van der Waals surface area contributed by atoms with Crippen molar-refractivity contribution in [2.75, 3.05) is 37.7 Å². The van der Waals surface area contributed by atoms with Crippen LogP contribution in [0.2, 0.25) is 0 Å². The zero-order valence-corrected chi connectivity index (χ0v) is 22.1. The summed E-state index contributed by atoms with van der Waals surface area (Å²) in [6, 6.07) is 20.0. The number of benzene rings is 3. The lowest BCUT2D eigenvalue weighted by Crippen LogP contribution is -2.49. The number of carbonyl (C=O) groups is 1. The van der Waals surface area contributed by atoms with Gasteiger partial charge in [-0.05, 0) is 69.5 Å². The second-order valence-electron chi connectivity index (χ2n) is 9.40. The molecule has 5 rings (SSSR count). The van der Waals surface area contributed by atoms with Crippen LogP contribution in [0.1, 0.15) is 28.2 Å². The molecule has 1 heterocycles. The standard InChI is InChI=1S/C27H26BF3IN2O2/c1-18-19(16-28(29,30)31)14-20(32)15-26(18)33-10-12-34(13-11-33)27(35)36-17-25-23-8-4-2-6-21(23)22-7-3-5-9-24(22)25/h2-9,14-15,25H,10-13,16-17H2,1H3/q-1. The Bertz CT molecular complexity index is 1250. The van der Waals surface area contributed by atoms with Gasteiger partial charge < -0.3 is 27.5 Å². The lowest BCUT2D eigenvalue weighted by molar-refractivity contribution is 0.0976. The first kappa shape index (κ1) is 25.0. The number of piperazine rings is 1. The monoisotopic (exact) mass is 605 g/mol. The molecule has 0 spiro atoms. The Morgan fingerprint density at radius 2 is 1.56 bits per heavy atom. The fraction of sp³-hybridized carbons (Fsp3) is 0.296. The number of hydrogen-bond donors (Lipinski definition) is 0. The van der Waals surface area contributed by atoms with Gasteiger partial charge in [0.05, 0.1) is 0 Å². The molecule has 1 aliphatic carbocycles. The van der Waals surface area contributed by atoms with Crippen molar-refractivity contribution in [1.29, 1.82) is 0 Å². The molecule has 0 atom stereocenters. The van der Waals surface area contributed by atoms with Crippen LogP contribution in [0.4, 0.5) is 23.4 Å². The normalized spacial score (nSPS) is 15.6. The van der Waals surface area contributed by atoms with Crippen molar-refractivity contribution in [3.63, 3.8) is 0 Å². The van der Waals surface area contributed by atoms with Gasteiger partial charge in [0.1, 0.15) is 6.61 Å². The van der Waals surface area contributed by atoms with E-state index in [4.69, 9.17) is 4.74 Å².